The minimum atomic E-state index is -0.602. The predicted octanol–water partition coefficient (Wildman–Crippen LogP) is 2.18. The third kappa shape index (κ3) is 4.01. The van der Waals surface area contributed by atoms with Gasteiger partial charge in [0.15, 0.2) is 0 Å². The summed E-state index contributed by atoms with van der Waals surface area (Å²) in [5.41, 5.74) is 0.507. The van der Waals surface area contributed by atoms with E-state index in [0.29, 0.717) is 0 Å². The van der Waals surface area contributed by atoms with Crippen molar-refractivity contribution in [2.45, 2.75) is 26.0 Å². The first-order valence-corrected chi connectivity index (χ1v) is 8.33. The fourth-order valence-corrected chi connectivity index (χ4v) is 3.84. The Morgan fingerprint density at radius 3 is 2.48 bits per heavy atom. The van der Waals surface area contributed by atoms with Crippen molar-refractivity contribution in [3.05, 3.63) is 29.3 Å². The number of hydrogen-bond donors (Lipinski definition) is 1. The Morgan fingerprint density at radius 1 is 1.14 bits per heavy atom. The summed E-state index contributed by atoms with van der Waals surface area (Å²) in [5.74, 6) is 0. The molecule has 21 heavy (non-hydrogen) atoms. The number of rotatable bonds is 4. The normalized spacial score (nSPS) is 18.4. The van der Waals surface area contributed by atoms with Crippen molar-refractivity contribution < 1.29 is 5.11 Å². The van der Waals surface area contributed by atoms with Gasteiger partial charge in [-0.2, -0.15) is 0 Å². The van der Waals surface area contributed by atoms with Gasteiger partial charge < -0.3 is 5.11 Å². The number of thiazole rings is 1. The first-order chi connectivity index (χ1) is 9.99. The largest absolute Gasteiger partial charge is 0.389 e. The van der Waals surface area contributed by atoms with E-state index in [1.807, 2.05) is 19.9 Å². The summed E-state index contributed by atoms with van der Waals surface area (Å²) >= 11 is 1.80. The molecular formula is C16H23N3OS. The van der Waals surface area contributed by atoms with Gasteiger partial charge in [-0.1, -0.05) is 12.1 Å². The van der Waals surface area contributed by atoms with Crippen LogP contribution in [0.5, 0.6) is 0 Å². The lowest BCUT2D eigenvalue weighted by molar-refractivity contribution is 0.0167. The molecule has 0 atom stereocenters. The Morgan fingerprint density at radius 2 is 1.81 bits per heavy atom. The third-order valence-electron chi connectivity index (χ3n) is 3.77. The minimum absolute atomic E-state index is 0.602. The molecule has 1 fully saturated rings. The molecule has 3 rings (SSSR count). The minimum Gasteiger partial charge on any atom is -0.389 e. The molecule has 0 amide bonds. The van der Waals surface area contributed by atoms with Crippen LogP contribution in [0.1, 0.15) is 18.9 Å². The van der Waals surface area contributed by atoms with Crippen LogP contribution in [0.2, 0.25) is 0 Å². The zero-order valence-electron chi connectivity index (χ0n) is 12.7. The topological polar surface area (TPSA) is 39.6 Å². The van der Waals surface area contributed by atoms with Crippen molar-refractivity contribution in [2.75, 3.05) is 32.7 Å². The van der Waals surface area contributed by atoms with Crippen LogP contribution in [0, 0.1) is 0 Å². The number of fused-ring (bicyclic) bond motifs is 1. The smallest absolute Gasteiger partial charge is 0.108 e. The highest BCUT2D eigenvalue weighted by atomic mass is 32.1. The monoisotopic (exact) mass is 305 g/mol. The average molecular weight is 305 g/mol. The second-order valence-corrected chi connectivity index (χ2v) is 7.56. The van der Waals surface area contributed by atoms with Crippen molar-refractivity contribution in [1.82, 2.24) is 14.8 Å². The standard InChI is InChI=1S/C16H23N3OS/c1-16(2,20)12-19-9-7-18(8-10-19)11-15-17-13-5-3-4-6-14(13)21-15/h3-6,20H,7-12H2,1-2H3. The van der Waals surface area contributed by atoms with Crippen LogP contribution in [0.4, 0.5) is 0 Å². The molecule has 0 bridgehead atoms. The summed E-state index contributed by atoms with van der Waals surface area (Å²) in [4.78, 5) is 9.51. The molecule has 2 aromatic rings. The summed E-state index contributed by atoms with van der Waals surface area (Å²) in [6.45, 7) is 9.58. The molecule has 1 aliphatic rings. The van der Waals surface area contributed by atoms with E-state index in [2.05, 4.69) is 28.0 Å². The molecule has 2 heterocycles. The molecule has 5 heteroatoms. The molecule has 0 spiro atoms. The Labute approximate surface area is 130 Å². The molecule has 1 aliphatic heterocycles. The second-order valence-electron chi connectivity index (χ2n) is 6.44. The lowest BCUT2D eigenvalue weighted by atomic mass is 10.1. The second kappa shape index (κ2) is 6.01. The van der Waals surface area contributed by atoms with E-state index in [4.69, 9.17) is 4.98 Å². The summed E-state index contributed by atoms with van der Waals surface area (Å²) in [7, 11) is 0. The Bertz CT molecular complexity index is 564. The van der Waals surface area contributed by atoms with Crippen LogP contribution < -0.4 is 0 Å². The zero-order valence-corrected chi connectivity index (χ0v) is 13.6. The maximum Gasteiger partial charge on any atom is 0.108 e. The molecule has 0 unspecified atom stereocenters. The van der Waals surface area contributed by atoms with E-state index in [0.717, 1.165) is 44.8 Å². The highest BCUT2D eigenvalue weighted by Gasteiger charge is 2.23. The number of aromatic nitrogens is 1. The van der Waals surface area contributed by atoms with Crippen molar-refractivity contribution in [2.24, 2.45) is 0 Å². The van der Waals surface area contributed by atoms with Crippen LogP contribution in [0.15, 0.2) is 24.3 Å². The highest BCUT2D eigenvalue weighted by molar-refractivity contribution is 7.18. The van der Waals surface area contributed by atoms with Gasteiger partial charge in [0.25, 0.3) is 0 Å². The van der Waals surface area contributed by atoms with Crippen molar-refractivity contribution in [1.29, 1.82) is 0 Å². The quantitative estimate of drug-likeness (QED) is 0.940. The van der Waals surface area contributed by atoms with E-state index in [1.54, 1.807) is 11.3 Å². The van der Waals surface area contributed by atoms with E-state index in [9.17, 15) is 5.11 Å². The number of aliphatic hydroxyl groups is 1. The number of para-hydroxylation sites is 1. The molecule has 0 saturated carbocycles. The first kappa shape index (κ1) is 14.9. The SMILES string of the molecule is CC(C)(O)CN1CCN(Cc2nc3ccccc3s2)CC1. The molecule has 1 aromatic heterocycles. The Hall–Kier alpha value is -1.01. The number of nitrogens with zero attached hydrogens (tertiary/aromatic N) is 3. The molecule has 4 nitrogen and oxygen atoms in total. The van der Waals surface area contributed by atoms with Gasteiger partial charge in [0.05, 0.1) is 22.4 Å². The Balaban J connectivity index is 1.55. The fourth-order valence-electron chi connectivity index (χ4n) is 2.83. The van der Waals surface area contributed by atoms with Crippen molar-refractivity contribution in [3.8, 4) is 0 Å². The fraction of sp³-hybridized carbons (Fsp3) is 0.562. The maximum atomic E-state index is 9.89. The van der Waals surface area contributed by atoms with E-state index in [-0.39, 0.29) is 0 Å². The van der Waals surface area contributed by atoms with Crippen molar-refractivity contribution >= 4 is 21.6 Å². The molecule has 1 saturated heterocycles. The lowest BCUT2D eigenvalue weighted by Gasteiger charge is -2.36. The Kier molecular flexibility index (Phi) is 4.26. The van der Waals surface area contributed by atoms with E-state index < -0.39 is 5.60 Å². The van der Waals surface area contributed by atoms with Gasteiger partial charge in [0, 0.05) is 32.7 Å². The van der Waals surface area contributed by atoms with Crippen LogP contribution >= 0.6 is 11.3 Å². The van der Waals surface area contributed by atoms with Crippen LogP contribution in [-0.2, 0) is 6.54 Å². The molecule has 0 aliphatic carbocycles. The third-order valence-corrected chi connectivity index (χ3v) is 4.79. The molecular weight excluding hydrogens is 282 g/mol. The number of hydrogen-bond acceptors (Lipinski definition) is 5. The summed E-state index contributed by atoms with van der Waals surface area (Å²) < 4.78 is 1.27. The highest BCUT2D eigenvalue weighted by Crippen LogP contribution is 2.23. The van der Waals surface area contributed by atoms with Gasteiger partial charge in [-0.25, -0.2) is 4.98 Å². The lowest BCUT2D eigenvalue weighted by Crippen LogP contribution is -2.50. The van der Waals surface area contributed by atoms with Crippen LogP contribution in [0.3, 0.4) is 0 Å². The van der Waals surface area contributed by atoms with Crippen molar-refractivity contribution in [3.63, 3.8) is 0 Å². The summed E-state index contributed by atoms with van der Waals surface area (Å²) in [6.07, 6.45) is 0. The van der Waals surface area contributed by atoms with Gasteiger partial charge >= 0.3 is 0 Å². The maximum absolute atomic E-state index is 9.89. The number of β-amino-alcohol motifs (C(OH)–C–C–N with tert-alkyl or cyclic N) is 1. The van der Waals surface area contributed by atoms with Gasteiger partial charge in [0.1, 0.15) is 5.01 Å². The molecule has 1 N–H and O–H groups in total. The zero-order chi connectivity index (χ0) is 14.9. The van der Waals surface area contributed by atoms with Crippen LogP contribution in [0.25, 0.3) is 10.2 Å². The van der Waals surface area contributed by atoms with Gasteiger partial charge in [-0.05, 0) is 26.0 Å². The summed E-state index contributed by atoms with van der Waals surface area (Å²) in [6, 6.07) is 8.33. The van der Waals surface area contributed by atoms with Crippen LogP contribution in [-0.4, -0.2) is 58.2 Å². The first-order valence-electron chi connectivity index (χ1n) is 7.51. The van der Waals surface area contributed by atoms with E-state index >= 15 is 0 Å². The molecule has 0 radical (unpaired) electrons. The van der Waals surface area contributed by atoms with E-state index in [1.165, 1.54) is 9.71 Å². The predicted molar refractivity (Wildman–Crippen MR) is 87.6 cm³/mol. The van der Waals surface area contributed by atoms with Gasteiger partial charge in [0.2, 0.25) is 0 Å². The number of benzene rings is 1. The van der Waals surface area contributed by atoms with Gasteiger partial charge in [-0.15, -0.1) is 11.3 Å². The number of piperazine rings is 1. The van der Waals surface area contributed by atoms with Gasteiger partial charge in [-0.3, -0.25) is 9.80 Å². The molecule has 114 valence electrons. The summed E-state index contributed by atoms with van der Waals surface area (Å²) in [5, 5.41) is 11.1. The molecule has 1 aromatic carbocycles. The average Bonchev–Trinajstić information content (AvgIpc) is 2.81.